The van der Waals surface area contributed by atoms with Crippen LogP contribution in [0, 0.1) is 10.1 Å². The maximum absolute atomic E-state index is 11.5. The Balaban J connectivity index is 1.55. The first-order valence-electron chi connectivity index (χ1n) is 9.72. The van der Waals surface area contributed by atoms with Gasteiger partial charge in [0.15, 0.2) is 0 Å². The standard InChI is InChI=1S/C24H21N3O3/c28-27(29)23-16-26-22-15-20(30-17-19-9-5-2-6-10-19)11-12-21(22)24(23)25-14-13-18-7-3-1-4-8-18/h1-12,15-16H,13-14,17H2,(H,25,26). The minimum Gasteiger partial charge on any atom is -0.489 e. The quantitative estimate of drug-likeness (QED) is 0.318. The average molecular weight is 399 g/mol. The number of nitrogens with zero attached hydrogens (tertiary/aromatic N) is 2. The minimum atomic E-state index is -0.406. The van der Waals surface area contributed by atoms with Crippen molar-refractivity contribution in [3.05, 3.63) is 106 Å². The summed E-state index contributed by atoms with van der Waals surface area (Å²) in [7, 11) is 0. The fourth-order valence-electron chi connectivity index (χ4n) is 3.29. The number of ether oxygens (including phenoxy) is 1. The van der Waals surface area contributed by atoms with Gasteiger partial charge in [-0.15, -0.1) is 0 Å². The Morgan fingerprint density at radius 2 is 1.63 bits per heavy atom. The predicted molar refractivity (Wildman–Crippen MR) is 118 cm³/mol. The molecule has 150 valence electrons. The van der Waals surface area contributed by atoms with E-state index in [2.05, 4.69) is 10.3 Å². The molecule has 0 bridgehead atoms. The van der Waals surface area contributed by atoms with E-state index >= 15 is 0 Å². The smallest absolute Gasteiger partial charge is 0.311 e. The number of pyridine rings is 1. The summed E-state index contributed by atoms with van der Waals surface area (Å²) in [6.45, 7) is 1.03. The molecule has 0 spiro atoms. The largest absolute Gasteiger partial charge is 0.489 e. The molecule has 0 unspecified atom stereocenters. The summed E-state index contributed by atoms with van der Waals surface area (Å²) >= 11 is 0. The second-order valence-electron chi connectivity index (χ2n) is 6.89. The lowest BCUT2D eigenvalue weighted by molar-refractivity contribution is -0.384. The van der Waals surface area contributed by atoms with Gasteiger partial charge in [-0.05, 0) is 29.7 Å². The Bertz CT molecular complexity index is 1150. The van der Waals surface area contributed by atoms with Crippen LogP contribution >= 0.6 is 0 Å². The Kier molecular flexibility index (Phi) is 5.85. The molecule has 0 amide bonds. The topological polar surface area (TPSA) is 77.3 Å². The number of rotatable bonds is 8. The molecule has 30 heavy (non-hydrogen) atoms. The summed E-state index contributed by atoms with van der Waals surface area (Å²) in [5, 5.41) is 15.5. The molecule has 1 aromatic heterocycles. The van der Waals surface area contributed by atoms with Crippen molar-refractivity contribution in [1.82, 2.24) is 4.98 Å². The summed E-state index contributed by atoms with van der Waals surface area (Å²) in [4.78, 5) is 15.4. The lowest BCUT2D eigenvalue weighted by Gasteiger charge is -2.12. The van der Waals surface area contributed by atoms with Crippen LogP contribution in [-0.4, -0.2) is 16.5 Å². The number of nitro groups is 1. The van der Waals surface area contributed by atoms with E-state index < -0.39 is 4.92 Å². The average Bonchev–Trinajstić information content (AvgIpc) is 2.78. The highest BCUT2D eigenvalue weighted by atomic mass is 16.6. The number of nitrogens with one attached hydrogen (secondary N) is 1. The van der Waals surface area contributed by atoms with Crippen molar-refractivity contribution in [2.24, 2.45) is 0 Å². The van der Waals surface area contributed by atoms with Gasteiger partial charge in [0.05, 0.1) is 10.4 Å². The fraction of sp³-hybridized carbons (Fsp3) is 0.125. The SMILES string of the molecule is O=[N+]([O-])c1cnc2cc(OCc3ccccc3)ccc2c1NCCc1ccccc1. The normalized spacial score (nSPS) is 10.7. The first kappa shape index (κ1) is 19.4. The van der Waals surface area contributed by atoms with Crippen LogP contribution in [-0.2, 0) is 13.0 Å². The molecule has 4 rings (SSSR count). The van der Waals surface area contributed by atoms with Crippen LogP contribution in [0.1, 0.15) is 11.1 Å². The first-order chi connectivity index (χ1) is 14.7. The van der Waals surface area contributed by atoms with Crippen molar-refractivity contribution in [3.63, 3.8) is 0 Å². The third kappa shape index (κ3) is 4.55. The van der Waals surface area contributed by atoms with Crippen LogP contribution in [0.25, 0.3) is 10.9 Å². The second kappa shape index (κ2) is 9.05. The Morgan fingerprint density at radius 1 is 0.933 bits per heavy atom. The second-order valence-corrected chi connectivity index (χ2v) is 6.89. The maximum atomic E-state index is 11.5. The van der Waals surface area contributed by atoms with E-state index in [0.29, 0.717) is 35.5 Å². The van der Waals surface area contributed by atoms with E-state index in [1.54, 1.807) is 0 Å². The highest BCUT2D eigenvalue weighted by Gasteiger charge is 2.18. The molecule has 0 radical (unpaired) electrons. The van der Waals surface area contributed by atoms with Gasteiger partial charge in [-0.25, -0.2) is 4.98 Å². The summed E-state index contributed by atoms with van der Waals surface area (Å²) in [6, 6.07) is 25.3. The van der Waals surface area contributed by atoms with Gasteiger partial charge in [0.1, 0.15) is 24.2 Å². The number of hydrogen-bond donors (Lipinski definition) is 1. The van der Waals surface area contributed by atoms with Crippen LogP contribution < -0.4 is 10.1 Å². The lowest BCUT2D eigenvalue weighted by atomic mass is 10.1. The molecule has 0 aliphatic carbocycles. The monoisotopic (exact) mass is 399 g/mol. The summed E-state index contributed by atoms with van der Waals surface area (Å²) in [5.74, 6) is 0.669. The van der Waals surface area contributed by atoms with Gasteiger partial charge in [-0.2, -0.15) is 0 Å². The molecule has 1 heterocycles. The third-order valence-corrected chi connectivity index (χ3v) is 4.82. The molecule has 0 atom stereocenters. The molecular weight excluding hydrogens is 378 g/mol. The summed E-state index contributed by atoms with van der Waals surface area (Å²) < 4.78 is 5.86. The van der Waals surface area contributed by atoms with Crippen molar-refractivity contribution in [3.8, 4) is 5.75 Å². The number of benzene rings is 3. The van der Waals surface area contributed by atoms with Gasteiger partial charge in [0, 0.05) is 18.0 Å². The van der Waals surface area contributed by atoms with Gasteiger partial charge < -0.3 is 10.1 Å². The molecule has 1 N–H and O–H groups in total. The van der Waals surface area contributed by atoms with E-state index in [1.807, 2.05) is 78.9 Å². The van der Waals surface area contributed by atoms with Gasteiger partial charge in [0.25, 0.3) is 0 Å². The van der Waals surface area contributed by atoms with Crippen molar-refractivity contribution in [1.29, 1.82) is 0 Å². The van der Waals surface area contributed by atoms with E-state index in [9.17, 15) is 10.1 Å². The molecule has 0 fully saturated rings. The molecule has 0 aliphatic heterocycles. The van der Waals surface area contributed by atoms with Gasteiger partial charge in [-0.1, -0.05) is 60.7 Å². The van der Waals surface area contributed by atoms with Crippen molar-refractivity contribution < 1.29 is 9.66 Å². The Morgan fingerprint density at radius 3 is 2.33 bits per heavy atom. The molecular formula is C24H21N3O3. The van der Waals surface area contributed by atoms with Crippen molar-refractivity contribution >= 4 is 22.3 Å². The highest BCUT2D eigenvalue weighted by molar-refractivity contribution is 5.96. The zero-order valence-electron chi connectivity index (χ0n) is 16.3. The Labute approximate surface area is 174 Å². The number of aromatic nitrogens is 1. The van der Waals surface area contributed by atoms with Crippen LogP contribution in [0.15, 0.2) is 85.1 Å². The lowest BCUT2D eigenvalue weighted by Crippen LogP contribution is -2.08. The molecule has 4 aromatic rings. The third-order valence-electron chi connectivity index (χ3n) is 4.82. The van der Waals surface area contributed by atoms with Crippen molar-refractivity contribution in [2.45, 2.75) is 13.0 Å². The molecule has 3 aromatic carbocycles. The van der Waals surface area contributed by atoms with Crippen LogP contribution in [0.3, 0.4) is 0 Å². The summed E-state index contributed by atoms with van der Waals surface area (Å²) in [5.41, 5.74) is 3.33. The zero-order valence-corrected chi connectivity index (χ0v) is 16.3. The predicted octanol–water partition coefficient (Wildman–Crippen LogP) is 5.38. The number of fused-ring (bicyclic) bond motifs is 1. The number of anilines is 1. The minimum absolute atomic E-state index is 0.0338. The molecule has 6 nitrogen and oxygen atoms in total. The first-order valence-corrected chi connectivity index (χ1v) is 9.72. The fourth-order valence-corrected chi connectivity index (χ4v) is 3.29. The molecule has 0 aliphatic rings. The number of hydrogen-bond acceptors (Lipinski definition) is 5. The van der Waals surface area contributed by atoms with Gasteiger partial charge >= 0.3 is 5.69 Å². The maximum Gasteiger partial charge on any atom is 0.311 e. The van der Waals surface area contributed by atoms with Crippen LogP contribution in [0.2, 0.25) is 0 Å². The summed E-state index contributed by atoms with van der Waals surface area (Å²) in [6.07, 6.45) is 2.06. The van der Waals surface area contributed by atoms with Crippen LogP contribution in [0.4, 0.5) is 11.4 Å². The van der Waals surface area contributed by atoms with E-state index in [0.717, 1.165) is 12.0 Å². The van der Waals surface area contributed by atoms with Gasteiger partial charge in [0.2, 0.25) is 0 Å². The molecule has 0 saturated heterocycles. The Hall–Kier alpha value is -3.93. The van der Waals surface area contributed by atoms with Crippen molar-refractivity contribution in [2.75, 3.05) is 11.9 Å². The van der Waals surface area contributed by atoms with E-state index in [-0.39, 0.29) is 5.69 Å². The zero-order chi connectivity index (χ0) is 20.8. The van der Waals surface area contributed by atoms with Gasteiger partial charge in [-0.3, -0.25) is 10.1 Å². The molecule has 6 heteroatoms. The highest BCUT2D eigenvalue weighted by Crippen LogP contribution is 2.33. The van der Waals surface area contributed by atoms with Crippen LogP contribution in [0.5, 0.6) is 5.75 Å². The molecule has 0 saturated carbocycles. The van der Waals surface area contributed by atoms with E-state index in [4.69, 9.17) is 4.74 Å². The van der Waals surface area contributed by atoms with E-state index in [1.165, 1.54) is 11.8 Å².